The molecular formula is C15H19N3O3. The van der Waals surface area contributed by atoms with Gasteiger partial charge in [0.1, 0.15) is 0 Å². The summed E-state index contributed by atoms with van der Waals surface area (Å²) >= 11 is 0. The van der Waals surface area contributed by atoms with Crippen LogP contribution >= 0.6 is 0 Å². The average Bonchev–Trinajstić information content (AvgIpc) is 2.69. The smallest absolute Gasteiger partial charge is 0.318 e. The molecule has 21 heavy (non-hydrogen) atoms. The fourth-order valence-electron chi connectivity index (χ4n) is 2.34. The Hall–Kier alpha value is -2.37. The molecule has 1 saturated heterocycles. The molecule has 1 unspecified atom stereocenters. The largest absolute Gasteiger partial charge is 0.349 e. The van der Waals surface area contributed by atoms with Crippen LogP contribution in [-0.4, -0.2) is 42.3 Å². The number of ketones is 1. The first-order valence-electron chi connectivity index (χ1n) is 7.00. The van der Waals surface area contributed by atoms with Crippen molar-refractivity contribution in [2.45, 2.75) is 25.4 Å². The zero-order valence-corrected chi connectivity index (χ0v) is 11.7. The molecule has 0 aliphatic carbocycles. The predicted octanol–water partition coefficient (Wildman–Crippen LogP) is 0.676. The molecule has 1 aromatic rings. The molecule has 0 spiro atoms. The summed E-state index contributed by atoms with van der Waals surface area (Å²) in [5, 5.41) is 5.31. The lowest BCUT2D eigenvalue weighted by atomic mass is 10.1. The number of benzene rings is 1. The van der Waals surface area contributed by atoms with Gasteiger partial charge in [0, 0.05) is 13.1 Å². The molecule has 0 bridgehead atoms. The van der Waals surface area contributed by atoms with Crippen molar-refractivity contribution in [2.75, 3.05) is 13.1 Å². The van der Waals surface area contributed by atoms with Crippen molar-refractivity contribution in [3.8, 4) is 0 Å². The topological polar surface area (TPSA) is 78.5 Å². The molecule has 1 fully saturated rings. The zero-order chi connectivity index (χ0) is 15.1. The summed E-state index contributed by atoms with van der Waals surface area (Å²) in [5.74, 6) is -0.130. The van der Waals surface area contributed by atoms with Crippen molar-refractivity contribution in [1.82, 2.24) is 15.5 Å². The lowest BCUT2D eigenvalue weighted by Crippen LogP contribution is -2.45. The molecule has 1 atom stereocenters. The van der Waals surface area contributed by atoms with E-state index in [4.69, 9.17) is 0 Å². The first-order valence-corrected chi connectivity index (χ1v) is 7.00. The normalized spacial score (nSPS) is 18.8. The maximum absolute atomic E-state index is 12.1. The Labute approximate surface area is 123 Å². The molecule has 0 radical (unpaired) electrons. The second kappa shape index (κ2) is 7.42. The molecule has 6 heteroatoms. The van der Waals surface area contributed by atoms with Crippen LogP contribution in [0.4, 0.5) is 4.79 Å². The summed E-state index contributed by atoms with van der Waals surface area (Å²) in [6, 6.07) is 8.86. The van der Waals surface area contributed by atoms with Crippen LogP contribution in [0.3, 0.4) is 0 Å². The number of rotatable bonds is 4. The van der Waals surface area contributed by atoms with Crippen LogP contribution in [0.5, 0.6) is 0 Å². The SMILES string of the molecule is O=CNC1CCCN(C(=O)NCc2ccccc2)CC1=O. The number of Topliss-reactive ketones (excluding diaryl/α,β-unsaturated/α-hetero) is 1. The second-order valence-corrected chi connectivity index (χ2v) is 5.01. The van der Waals surface area contributed by atoms with E-state index in [0.29, 0.717) is 32.3 Å². The van der Waals surface area contributed by atoms with E-state index in [0.717, 1.165) is 5.56 Å². The van der Waals surface area contributed by atoms with Crippen molar-refractivity contribution in [2.24, 2.45) is 0 Å². The predicted molar refractivity (Wildman–Crippen MR) is 77.5 cm³/mol. The van der Waals surface area contributed by atoms with Gasteiger partial charge >= 0.3 is 6.03 Å². The summed E-state index contributed by atoms with van der Waals surface area (Å²) in [7, 11) is 0. The fourth-order valence-corrected chi connectivity index (χ4v) is 2.34. The Kier molecular flexibility index (Phi) is 5.31. The van der Waals surface area contributed by atoms with E-state index < -0.39 is 6.04 Å². The van der Waals surface area contributed by atoms with Gasteiger partial charge in [0.2, 0.25) is 6.41 Å². The minimum Gasteiger partial charge on any atom is -0.349 e. The van der Waals surface area contributed by atoms with Gasteiger partial charge in [-0.2, -0.15) is 0 Å². The monoisotopic (exact) mass is 289 g/mol. The van der Waals surface area contributed by atoms with Crippen LogP contribution in [0.2, 0.25) is 0 Å². The molecule has 1 aliphatic rings. The van der Waals surface area contributed by atoms with Crippen LogP contribution < -0.4 is 10.6 Å². The third-order valence-corrected chi connectivity index (χ3v) is 3.50. The standard InChI is InChI=1S/C15H19N3O3/c19-11-17-13-7-4-8-18(10-14(13)20)15(21)16-9-12-5-2-1-3-6-12/h1-3,5-6,11,13H,4,7-10H2,(H,16,21)(H,17,19). The second-order valence-electron chi connectivity index (χ2n) is 5.01. The van der Waals surface area contributed by atoms with Gasteiger partial charge in [-0.15, -0.1) is 0 Å². The molecule has 0 saturated carbocycles. The number of likely N-dealkylation sites (tertiary alicyclic amines) is 1. The van der Waals surface area contributed by atoms with Gasteiger partial charge in [0.05, 0.1) is 12.6 Å². The quantitative estimate of drug-likeness (QED) is 0.800. The summed E-state index contributed by atoms with van der Waals surface area (Å²) in [6.07, 6.45) is 1.80. The van der Waals surface area contributed by atoms with Crippen LogP contribution in [0.1, 0.15) is 18.4 Å². The number of carbonyl (C=O) groups is 3. The Bertz CT molecular complexity index is 504. The summed E-state index contributed by atoms with van der Waals surface area (Å²) in [4.78, 5) is 36.0. The van der Waals surface area contributed by atoms with Crippen LogP contribution in [0.25, 0.3) is 0 Å². The molecule has 1 aromatic carbocycles. The van der Waals surface area contributed by atoms with Crippen molar-refractivity contribution in [1.29, 1.82) is 0 Å². The minimum atomic E-state index is -0.477. The van der Waals surface area contributed by atoms with E-state index in [1.54, 1.807) is 0 Å². The lowest BCUT2D eigenvalue weighted by Gasteiger charge is -2.20. The molecule has 0 aromatic heterocycles. The number of hydrogen-bond acceptors (Lipinski definition) is 3. The molecular weight excluding hydrogens is 270 g/mol. The zero-order valence-electron chi connectivity index (χ0n) is 11.7. The van der Waals surface area contributed by atoms with E-state index >= 15 is 0 Å². The van der Waals surface area contributed by atoms with Gasteiger partial charge in [-0.25, -0.2) is 4.79 Å². The maximum atomic E-state index is 12.1. The Morgan fingerprint density at radius 3 is 2.81 bits per heavy atom. The van der Waals surface area contributed by atoms with E-state index in [9.17, 15) is 14.4 Å². The molecule has 3 amide bonds. The maximum Gasteiger partial charge on any atom is 0.318 e. The van der Waals surface area contributed by atoms with E-state index in [2.05, 4.69) is 10.6 Å². The highest BCUT2D eigenvalue weighted by Crippen LogP contribution is 2.08. The molecule has 2 rings (SSSR count). The third-order valence-electron chi connectivity index (χ3n) is 3.50. The number of carbonyl (C=O) groups excluding carboxylic acids is 3. The Morgan fingerprint density at radius 2 is 2.10 bits per heavy atom. The van der Waals surface area contributed by atoms with Gasteiger partial charge in [0.15, 0.2) is 5.78 Å². The number of nitrogens with one attached hydrogen (secondary N) is 2. The van der Waals surface area contributed by atoms with Gasteiger partial charge in [-0.1, -0.05) is 30.3 Å². The molecule has 2 N–H and O–H groups in total. The first-order chi connectivity index (χ1) is 10.2. The number of amides is 3. The summed E-state index contributed by atoms with van der Waals surface area (Å²) < 4.78 is 0. The molecule has 1 heterocycles. The average molecular weight is 289 g/mol. The van der Waals surface area contributed by atoms with Crippen LogP contribution in [0.15, 0.2) is 30.3 Å². The van der Waals surface area contributed by atoms with Crippen molar-refractivity contribution < 1.29 is 14.4 Å². The summed E-state index contributed by atoms with van der Waals surface area (Å²) in [5.41, 5.74) is 1.01. The summed E-state index contributed by atoms with van der Waals surface area (Å²) in [6.45, 7) is 0.982. The van der Waals surface area contributed by atoms with Gasteiger partial charge in [-0.3, -0.25) is 9.59 Å². The van der Waals surface area contributed by atoms with Crippen molar-refractivity contribution >= 4 is 18.2 Å². The number of nitrogens with zero attached hydrogens (tertiary/aromatic N) is 1. The minimum absolute atomic E-state index is 0.0339. The highest BCUT2D eigenvalue weighted by Gasteiger charge is 2.26. The van der Waals surface area contributed by atoms with Crippen molar-refractivity contribution in [3.63, 3.8) is 0 Å². The fraction of sp³-hybridized carbons (Fsp3) is 0.400. The third kappa shape index (κ3) is 4.30. The Morgan fingerprint density at radius 1 is 1.33 bits per heavy atom. The highest BCUT2D eigenvalue weighted by molar-refractivity contribution is 5.90. The Balaban J connectivity index is 1.87. The highest BCUT2D eigenvalue weighted by atomic mass is 16.2. The number of hydrogen-bond donors (Lipinski definition) is 2. The van der Waals surface area contributed by atoms with Crippen LogP contribution in [-0.2, 0) is 16.1 Å². The molecule has 6 nitrogen and oxygen atoms in total. The van der Waals surface area contributed by atoms with Gasteiger partial charge < -0.3 is 15.5 Å². The lowest BCUT2D eigenvalue weighted by molar-refractivity contribution is -0.123. The van der Waals surface area contributed by atoms with E-state index in [1.165, 1.54) is 4.90 Å². The van der Waals surface area contributed by atoms with E-state index in [-0.39, 0.29) is 18.4 Å². The first kappa shape index (κ1) is 15.0. The van der Waals surface area contributed by atoms with Crippen molar-refractivity contribution in [3.05, 3.63) is 35.9 Å². The molecule has 1 aliphatic heterocycles. The van der Waals surface area contributed by atoms with Gasteiger partial charge in [0.25, 0.3) is 0 Å². The number of urea groups is 1. The molecule has 112 valence electrons. The van der Waals surface area contributed by atoms with E-state index in [1.807, 2.05) is 30.3 Å². The van der Waals surface area contributed by atoms with Crippen LogP contribution in [0, 0.1) is 0 Å². The van der Waals surface area contributed by atoms with Gasteiger partial charge in [-0.05, 0) is 18.4 Å².